The molecule has 0 saturated carbocycles. The molecule has 0 N–H and O–H groups in total. The highest BCUT2D eigenvalue weighted by Gasteiger charge is 2.32. The number of rotatable bonds is 5. The predicted molar refractivity (Wildman–Crippen MR) is 108 cm³/mol. The Labute approximate surface area is 187 Å². The Hall–Kier alpha value is -3.06. The molecule has 2 aliphatic rings. The van der Waals surface area contributed by atoms with Crippen LogP contribution >= 0.6 is 0 Å². The van der Waals surface area contributed by atoms with Crippen LogP contribution in [0.25, 0.3) is 0 Å². The van der Waals surface area contributed by atoms with E-state index in [9.17, 15) is 26.4 Å². The van der Waals surface area contributed by atoms with Gasteiger partial charge in [0.05, 0.1) is 10.5 Å². The molecule has 1 aromatic carbocycles. The largest absolute Gasteiger partial charge is 0.486 e. The molecule has 0 spiro atoms. The summed E-state index contributed by atoms with van der Waals surface area (Å²) in [7, 11) is -3.79. The van der Waals surface area contributed by atoms with Crippen LogP contribution in [-0.2, 0) is 10.0 Å². The fraction of sp³-hybridized carbons (Fsp3) is 0.400. The lowest BCUT2D eigenvalue weighted by Gasteiger charge is -2.34. The van der Waals surface area contributed by atoms with E-state index in [4.69, 9.17) is 9.47 Å². The third-order valence-electron chi connectivity index (χ3n) is 5.04. The second-order valence-corrected chi connectivity index (χ2v) is 9.23. The number of piperazine rings is 1. The van der Waals surface area contributed by atoms with E-state index < -0.39 is 28.7 Å². The van der Waals surface area contributed by atoms with Gasteiger partial charge in [-0.25, -0.2) is 13.4 Å². The Kier molecular flexibility index (Phi) is 6.34. The van der Waals surface area contributed by atoms with Crippen molar-refractivity contribution in [3.63, 3.8) is 0 Å². The van der Waals surface area contributed by atoms with Gasteiger partial charge in [-0.15, -0.1) is 0 Å². The molecule has 0 radical (unpaired) electrons. The van der Waals surface area contributed by atoms with Gasteiger partial charge >= 0.3 is 6.18 Å². The maximum atomic E-state index is 13.0. The molecule has 9 nitrogen and oxygen atoms in total. The Bertz CT molecular complexity index is 1120. The molecule has 0 atom stereocenters. The summed E-state index contributed by atoms with van der Waals surface area (Å²) >= 11 is 0. The van der Waals surface area contributed by atoms with Gasteiger partial charge in [0.25, 0.3) is 5.91 Å². The van der Waals surface area contributed by atoms with Crippen molar-refractivity contribution in [2.45, 2.75) is 11.1 Å². The zero-order chi connectivity index (χ0) is 23.6. The lowest BCUT2D eigenvalue weighted by Crippen LogP contribution is -2.50. The molecular weight excluding hydrogens is 467 g/mol. The van der Waals surface area contributed by atoms with Gasteiger partial charge in [0, 0.05) is 44.5 Å². The number of pyridine rings is 1. The lowest BCUT2D eigenvalue weighted by molar-refractivity contribution is -0.154. The highest BCUT2D eigenvalue weighted by atomic mass is 32.2. The molecular formula is C20H20F3N3O6S. The molecule has 1 amide bonds. The van der Waals surface area contributed by atoms with E-state index in [1.165, 1.54) is 33.5 Å². The van der Waals surface area contributed by atoms with Gasteiger partial charge in [0.2, 0.25) is 15.9 Å². The number of aromatic nitrogens is 1. The summed E-state index contributed by atoms with van der Waals surface area (Å²) in [6.07, 6.45) is -3.36. The summed E-state index contributed by atoms with van der Waals surface area (Å²) in [6.45, 7) is -0.280. The Balaban J connectivity index is 1.36. The Morgan fingerprint density at radius 3 is 2.36 bits per heavy atom. The molecule has 3 heterocycles. The van der Waals surface area contributed by atoms with Gasteiger partial charge < -0.3 is 19.1 Å². The molecule has 4 rings (SSSR count). The molecule has 1 fully saturated rings. The maximum Gasteiger partial charge on any atom is 0.422 e. The molecule has 2 aromatic rings. The minimum atomic E-state index is -4.49. The van der Waals surface area contributed by atoms with E-state index in [0.29, 0.717) is 24.7 Å². The molecule has 33 heavy (non-hydrogen) atoms. The fourth-order valence-corrected chi connectivity index (χ4v) is 4.83. The second kappa shape index (κ2) is 9.06. The first-order valence-corrected chi connectivity index (χ1v) is 11.4. The average molecular weight is 487 g/mol. The number of carbonyl (C=O) groups is 1. The second-order valence-electron chi connectivity index (χ2n) is 7.29. The van der Waals surface area contributed by atoms with Crippen molar-refractivity contribution >= 4 is 15.9 Å². The van der Waals surface area contributed by atoms with Crippen LogP contribution in [0.3, 0.4) is 0 Å². The monoisotopic (exact) mass is 487 g/mol. The smallest absolute Gasteiger partial charge is 0.422 e. The number of ether oxygens (including phenoxy) is 3. The first-order chi connectivity index (χ1) is 15.6. The van der Waals surface area contributed by atoms with Gasteiger partial charge in [-0.1, -0.05) is 0 Å². The molecule has 1 aromatic heterocycles. The third-order valence-corrected chi connectivity index (χ3v) is 6.94. The predicted octanol–water partition coefficient (Wildman–Crippen LogP) is 1.94. The van der Waals surface area contributed by atoms with E-state index in [1.54, 1.807) is 6.07 Å². The molecule has 0 unspecified atom stereocenters. The van der Waals surface area contributed by atoms with Crippen LogP contribution in [-0.4, -0.2) is 80.7 Å². The Morgan fingerprint density at radius 2 is 1.73 bits per heavy atom. The Morgan fingerprint density at radius 1 is 1.03 bits per heavy atom. The minimum absolute atomic E-state index is 0.0742. The molecule has 2 aliphatic heterocycles. The number of benzene rings is 1. The maximum absolute atomic E-state index is 13.0. The van der Waals surface area contributed by atoms with E-state index >= 15 is 0 Å². The standard InChI is InChI=1S/C20H20F3N3O6S/c21-20(22,23)13-32-18-4-1-14(12-24-18)19(27)25-5-7-26(8-6-25)33(28,29)15-2-3-16-17(11-15)31-10-9-30-16/h1-4,11-12H,5-10,13H2. The van der Waals surface area contributed by atoms with E-state index in [-0.39, 0.29) is 42.5 Å². The number of nitrogens with zero attached hydrogens (tertiary/aromatic N) is 3. The number of carbonyl (C=O) groups excluding carboxylic acids is 1. The van der Waals surface area contributed by atoms with Crippen molar-refractivity contribution in [3.05, 3.63) is 42.1 Å². The summed E-state index contributed by atoms with van der Waals surface area (Å²) in [5.41, 5.74) is 0.164. The van der Waals surface area contributed by atoms with Gasteiger partial charge in [0.15, 0.2) is 18.1 Å². The van der Waals surface area contributed by atoms with Crippen molar-refractivity contribution in [1.82, 2.24) is 14.2 Å². The highest BCUT2D eigenvalue weighted by Crippen LogP contribution is 2.33. The van der Waals surface area contributed by atoms with Crippen molar-refractivity contribution in [2.75, 3.05) is 46.0 Å². The summed E-state index contributed by atoms with van der Waals surface area (Å²) in [4.78, 5) is 17.9. The van der Waals surface area contributed by atoms with E-state index in [1.807, 2.05) is 0 Å². The average Bonchev–Trinajstić information content (AvgIpc) is 2.82. The summed E-state index contributed by atoms with van der Waals surface area (Å²) in [5.74, 6) is 0.200. The quantitative estimate of drug-likeness (QED) is 0.636. The van der Waals surface area contributed by atoms with Gasteiger partial charge in [-0.05, 0) is 18.2 Å². The van der Waals surface area contributed by atoms with Crippen LogP contribution in [0.1, 0.15) is 10.4 Å². The molecule has 0 aliphatic carbocycles. The van der Waals surface area contributed by atoms with Crippen molar-refractivity contribution in [3.8, 4) is 17.4 Å². The highest BCUT2D eigenvalue weighted by molar-refractivity contribution is 7.89. The zero-order valence-corrected chi connectivity index (χ0v) is 18.1. The SMILES string of the molecule is O=C(c1ccc(OCC(F)(F)F)nc1)N1CCN(S(=O)(=O)c2ccc3c(c2)OCCO3)CC1. The van der Waals surface area contributed by atoms with Gasteiger partial charge in [-0.2, -0.15) is 17.5 Å². The normalized spacial score (nSPS) is 17.0. The van der Waals surface area contributed by atoms with Crippen molar-refractivity contribution in [2.24, 2.45) is 0 Å². The molecule has 178 valence electrons. The van der Waals surface area contributed by atoms with Crippen molar-refractivity contribution < 1.29 is 40.6 Å². The van der Waals surface area contributed by atoms with Crippen LogP contribution in [0.4, 0.5) is 13.2 Å². The first kappa shape index (κ1) is 23.1. The van der Waals surface area contributed by atoms with Crippen LogP contribution in [0, 0.1) is 0 Å². The summed E-state index contributed by atoms with van der Waals surface area (Å²) in [5, 5.41) is 0. The molecule has 1 saturated heterocycles. The van der Waals surface area contributed by atoms with Crippen LogP contribution in [0.15, 0.2) is 41.4 Å². The van der Waals surface area contributed by atoms with E-state index in [0.717, 1.165) is 6.20 Å². The number of hydrogen-bond acceptors (Lipinski definition) is 7. The van der Waals surface area contributed by atoms with Crippen LogP contribution in [0.2, 0.25) is 0 Å². The minimum Gasteiger partial charge on any atom is -0.486 e. The topological polar surface area (TPSA) is 98.3 Å². The van der Waals surface area contributed by atoms with Gasteiger partial charge in [-0.3, -0.25) is 4.79 Å². The number of sulfonamides is 1. The van der Waals surface area contributed by atoms with Crippen LogP contribution in [0.5, 0.6) is 17.4 Å². The number of alkyl halides is 3. The third kappa shape index (κ3) is 5.30. The van der Waals surface area contributed by atoms with Crippen molar-refractivity contribution in [1.29, 1.82) is 0 Å². The number of fused-ring (bicyclic) bond motifs is 1. The van der Waals surface area contributed by atoms with Crippen LogP contribution < -0.4 is 14.2 Å². The summed E-state index contributed by atoms with van der Waals surface area (Å²) < 4.78 is 79.4. The first-order valence-electron chi connectivity index (χ1n) is 9.98. The molecule has 13 heteroatoms. The fourth-order valence-electron chi connectivity index (χ4n) is 3.40. The summed E-state index contributed by atoms with van der Waals surface area (Å²) in [6, 6.07) is 6.93. The molecule has 0 bridgehead atoms. The number of halogens is 3. The van der Waals surface area contributed by atoms with E-state index in [2.05, 4.69) is 9.72 Å². The lowest BCUT2D eigenvalue weighted by atomic mass is 10.2. The zero-order valence-electron chi connectivity index (χ0n) is 17.2. The number of hydrogen-bond donors (Lipinski definition) is 0. The van der Waals surface area contributed by atoms with Gasteiger partial charge in [0.1, 0.15) is 13.2 Å². The number of amides is 1.